The van der Waals surface area contributed by atoms with E-state index in [0.717, 1.165) is 17.9 Å². The Hall–Kier alpha value is -3.05. The first kappa shape index (κ1) is 22.2. The van der Waals surface area contributed by atoms with E-state index in [0.29, 0.717) is 30.8 Å². The van der Waals surface area contributed by atoms with E-state index in [1.807, 2.05) is 4.90 Å². The van der Waals surface area contributed by atoms with Crippen LogP contribution in [0.2, 0.25) is 0 Å². The number of aromatic nitrogens is 3. The first-order chi connectivity index (χ1) is 15.0. The van der Waals surface area contributed by atoms with E-state index in [1.54, 1.807) is 12.1 Å². The standard InChI is InChI=1S/C21H19F3N4O3S/c1-32(30,31)20-26-18-8-9-28(12-15(18)19(29)27-20)11-13-6-7-17(25-10-13)14-4-2-3-5-16(14)21(22,23)24/h2-7,10H,8-9,11-12H2,1H3,(H,26,27,29). The number of pyridine rings is 1. The lowest BCUT2D eigenvalue weighted by atomic mass is 10.0. The van der Waals surface area contributed by atoms with Crippen molar-refractivity contribution in [1.29, 1.82) is 0 Å². The first-order valence-electron chi connectivity index (χ1n) is 9.68. The van der Waals surface area contributed by atoms with Crippen LogP contribution in [0.25, 0.3) is 11.3 Å². The van der Waals surface area contributed by atoms with Gasteiger partial charge in [-0.15, -0.1) is 0 Å². The normalized spacial score (nSPS) is 14.9. The summed E-state index contributed by atoms with van der Waals surface area (Å²) in [5, 5.41) is -0.339. The fourth-order valence-corrected chi connectivity index (χ4v) is 4.21. The minimum Gasteiger partial charge on any atom is -0.297 e. The molecule has 3 aromatic rings. The molecule has 1 N–H and O–H groups in total. The Morgan fingerprint density at radius 2 is 1.91 bits per heavy atom. The second kappa shape index (κ2) is 8.14. The number of sulfone groups is 1. The number of alkyl halides is 3. The minimum absolute atomic E-state index is 0.0118. The average molecular weight is 464 g/mol. The second-order valence-corrected chi connectivity index (χ2v) is 9.56. The van der Waals surface area contributed by atoms with Crippen molar-refractivity contribution in [2.45, 2.75) is 30.8 Å². The largest absolute Gasteiger partial charge is 0.417 e. The molecule has 0 spiro atoms. The molecule has 0 saturated heterocycles. The Bertz CT molecular complexity index is 1320. The maximum atomic E-state index is 13.3. The van der Waals surface area contributed by atoms with Gasteiger partial charge in [-0.1, -0.05) is 24.3 Å². The Morgan fingerprint density at radius 3 is 2.56 bits per heavy atom. The number of rotatable bonds is 4. The van der Waals surface area contributed by atoms with Crippen LogP contribution in [-0.2, 0) is 35.5 Å². The molecular weight excluding hydrogens is 445 g/mol. The van der Waals surface area contributed by atoms with Gasteiger partial charge in [-0.2, -0.15) is 13.2 Å². The van der Waals surface area contributed by atoms with Crippen molar-refractivity contribution in [2.24, 2.45) is 0 Å². The summed E-state index contributed by atoms with van der Waals surface area (Å²) in [5.41, 5.74) is 0.650. The van der Waals surface area contributed by atoms with E-state index in [1.165, 1.54) is 24.4 Å². The molecule has 1 aliphatic heterocycles. The third-order valence-electron chi connectivity index (χ3n) is 5.22. The van der Waals surface area contributed by atoms with Gasteiger partial charge in [0.05, 0.1) is 22.5 Å². The summed E-state index contributed by atoms with van der Waals surface area (Å²) in [6.07, 6.45) is -1.56. The van der Waals surface area contributed by atoms with Crippen LogP contribution in [0.4, 0.5) is 13.2 Å². The molecule has 1 aliphatic rings. The molecule has 0 unspecified atom stereocenters. The fourth-order valence-electron chi connectivity index (χ4n) is 3.66. The molecule has 168 valence electrons. The van der Waals surface area contributed by atoms with Crippen LogP contribution in [-0.4, -0.2) is 41.1 Å². The smallest absolute Gasteiger partial charge is 0.297 e. The SMILES string of the molecule is CS(=O)(=O)c1nc2c(c(=O)[nH]1)CN(Cc1ccc(-c3ccccc3C(F)(F)F)nc1)CC2. The van der Waals surface area contributed by atoms with Crippen molar-refractivity contribution in [3.63, 3.8) is 0 Å². The van der Waals surface area contributed by atoms with E-state index in [2.05, 4.69) is 15.0 Å². The van der Waals surface area contributed by atoms with Gasteiger partial charge in [0.25, 0.3) is 5.56 Å². The van der Waals surface area contributed by atoms with Gasteiger partial charge in [0.2, 0.25) is 15.0 Å². The number of nitrogens with one attached hydrogen (secondary N) is 1. The molecule has 1 aromatic carbocycles. The highest BCUT2D eigenvalue weighted by Crippen LogP contribution is 2.36. The number of fused-ring (bicyclic) bond motifs is 1. The number of aromatic amines is 1. The van der Waals surface area contributed by atoms with Crippen LogP contribution in [0.1, 0.15) is 22.4 Å². The monoisotopic (exact) mass is 464 g/mol. The van der Waals surface area contributed by atoms with Gasteiger partial charge >= 0.3 is 6.18 Å². The van der Waals surface area contributed by atoms with Crippen molar-refractivity contribution in [1.82, 2.24) is 19.9 Å². The molecule has 0 saturated carbocycles. The maximum Gasteiger partial charge on any atom is 0.417 e. The van der Waals surface area contributed by atoms with Crippen molar-refractivity contribution in [2.75, 3.05) is 12.8 Å². The lowest BCUT2D eigenvalue weighted by molar-refractivity contribution is -0.137. The van der Waals surface area contributed by atoms with Crippen LogP contribution < -0.4 is 5.56 Å². The third-order valence-corrected chi connectivity index (χ3v) is 6.11. The van der Waals surface area contributed by atoms with E-state index < -0.39 is 27.1 Å². The highest BCUT2D eigenvalue weighted by molar-refractivity contribution is 7.90. The zero-order valence-electron chi connectivity index (χ0n) is 17.0. The molecule has 4 rings (SSSR count). The maximum absolute atomic E-state index is 13.3. The summed E-state index contributed by atoms with van der Waals surface area (Å²) in [4.78, 5) is 24.9. The van der Waals surface area contributed by atoms with Crippen molar-refractivity contribution < 1.29 is 21.6 Å². The number of H-pyrrole nitrogens is 1. The zero-order chi connectivity index (χ0) is 23.1. The number of benzene rings is 1. The Kier molecular flexibility index (Phi) is 5.63. The van der Waals surface area contributed by atoms with Crippen LogP contribution in [0.5, 0.6) is 0 Å². The molecule has 11 heteroatoms. The molecule has 32 heavy (non-hydrogen) atoms. The predicted molar refractivity (Wildman–Crippen MR) is 110 cm³/mol. The molecule has 0 atom stereocenters. The molecule has 0 bridgehead atoms. The van der Waals surface area contributed by atoms with Crippen LogP contribution in [0.15, 0.2) is 52.5 Å². The Labute approximate surface area is 181 Å². The topological polar surface area (TPSA) is 96.0 Å². The van der Waals surface area contributed by atoms with Crippen LogP contribution in [0.3, 0.4) is 0 Å². The second-order valence-electron chi connectivity index (χ2n) is 7.62. The van der Waals surface area contributed by atoms with Gasteiger partial charge in [-0.05, 0) is 17.7 Å². The zero-order valence-corrected chi connectivity index (χ0v) is 17.8. The molecule has 0 radical (unpaired) electrons. The summed E-state index contributed by atoms with van der Waals surface area (Å²) in [5.74, 6) is 0. The number of nitrogens with zero attached hydrogens (tertiary/aromatic N) is 3. The fraction of sp³-hybridized carbons (Fsp3) is 0.286. The number of halogens is 3. The molecular formula is C21H19F3N4O3S. The molecule has 7 nitrogen and oxygen atoms in total. The Morgan fingerprint density at radius 1 is 1.16 bits per heavy atom. The third kappa shape index (κ3) is 4.58. The molecule has 0 amide bonds. The first-order valence-corrected chi connectivity index (χ1v) is 11.6. The molecule has 2 aromatic heterocycles. The van der Waals surface area contributed by atoms with Crippen LogP contribution in [0, 0.1) is 0 Å². The van der Waals surface area contributed by atoms with E-state index in [9.17, 15) is 26.4 Å². The van der Waals surface area contributed by atoms with E-state index in [-0.39, 0.29) is 23.0 Å². The predicted octanol–water partition coefficient (Wildman–Crippen LogP) is 2.81. The van der Waals surface area contributed by atoms with Gasteiger partial charge in [0.1, 0.15) is 0 Å². The summed E-state index contributed by atoms with van der Waals surface area (Å²) >= 11 is 0. The average Bonchev–Trinajstić information content (AvgIpc) is 2.73. The van der Waals surface area contributed by atoms with Gasteiger partial charge in [0.15, 0.2) is 0 Å². The highest BCUT2D eigenvalue weighted by atomic mass is 32.2. The van der Waals surface area contributed by atoms with Gasteiger partial charge in [-0.3, -0.25) is 19.7 Å². The number of hydrogen-bond donors (Lipinski definition) is 1. The molecule has 0 aliphatic carbocycles. The minimum atomic E-state index is -4.48. The number of hydrogen-bond acceptors (Lipinski definition) is 6. The Balaban J connectivity index is 1.52. The van der Waals surface area contributed by atoms with Crippen molar-refractivity contribution >= 4 is 9.84 Å². The summed E-state index contributed by atoms with van der Waals surface area (Å²) in [6.45, 7) is 1.26. The highest BCUT2D eigenvalue weighted by Gasteiger charge is 2.33. The van der Waals surface area contributed by atoms with E-state index >= 15 is 0 Å². The molecule has 3 heterocycles. The lowest BCUT2D eigenvalue weighted by Gasteiger charge is -2.27. The van der Waals surface area contributed by atoms with Gasteiger partial charge in [0, 0.05) is 44.1 Å². The lowest BCUT2D eigenvalue weighted by Crippen LogP contribution is -2.36. The van der Waals surface area contributed by atoms with Crippen molar-refractivity contribution in [3.8, 4) is 11.3 Å². The quantitative estimate of drug-likeness (QED) is 0.597. The van der Waals surface area contributed by atoms with Crippen molar-refractivity contribution in [3.05, 3.63) is 75.3 Å². The van der Waals surface area contributed by atoms with Gasteiger partial charge < -0.3 is 0 Å². The van der Waals surface area contributed by atoms with Gasteiger partial charge in [-0.25, -0.2) is 13.4 Å². The molecule has 0 fully saturated rings. The van der Waals surface area contributed by atoms with E-state index in [4.69, 9.17) is 0 Å². The summed E-state index contributed by atoms with van der Waals surface area (Å²) in [7, 11) is -3.62. The summed E-state index contributed by atoms with van der Waals surface area (Å²) < 4.78 is 63.1. The summed E-state index contributed by atoms with van der Waals surface area (Å²) in [6, 6.07) is 8.54. The van der Waals surface area contributed by atoms with Crippen LogP contribution >= 0.6 is 0 Å².